The number of carboxylic acids is 1. The van der Waals surface area contributed by atoms with Crippen molar-refractivity contribution in [3.8, 4) is 0 Å². The summed E-state index contributed by atoms with van der Waals surface area (Å²) in [6, 6.07) is -0.308. The summed E-state index contributed by atoms with van der Waals surface area (Å²) in [7, 11) is -3.27. The third kappa shape index (κ3) is 4.57. The lowest BCUT2D eigenvalue weighted by Crippen LogP contribution is -2.50. The van der Waals surface area contributed by atoms with Gasteiger partial charge >= 0.3 is 5.97 Å². The van der Waals surface area contributed by atoms with Crippen LogP contribution in [0.1, 0.15) is 37.0 Å². The maximum Gasteiger partial charge on any atom is 0.323 e. The first-order valence-electron chi connectivity index (χ1n) is 8.31. The fraction of sp³-hybridized carbons (Fsp3) is 0.667. The molecule has 10 heteroatoms. The van der Waals surface area contributed by atoms with Crippen molar-refractivity contribution < 1.29 is 23.1 Å². The number of aliphatic carboxylic acids is 1. The molecular weight excluding hydrogens is 348 g/mol. The Bertz CT molecular complexity index is 722. The Morgan fingerprint density at radius 3 is 2.44 bits per heavy atom. The van der Waals surface area contributed by atoms with E-state index in [0.29, 0.717) is 38.0 Å². The van der Waals surface area contributed by atoms with Gasteiger partial charge in [-0.1, -0.05) is 0 Å². The van der Waals surface area contributed by atoms with Crippen LogP contribution in [0, 0.1) is 0 Å². The fourth-order valence-electron chi connectivity index (χ4n) is 2.94. The van der Waals surface area contributed by atoms with Crippen molar-refractivity contribution in [2.45, 2.75) is 39.3 Å². The van der Waals surface area contributed by atoms with Crippen molar-refractivity contribution in [1.82, 2.24) is 19.0 Å². The third-order valence-corrected chi connectivity index (χ3v) is 6.27. The van der Waals surface area contributed by atoms with E-state index in [4.69, 9.17) is 5.11 Å². The summed E-state index contributed by atoms with van der Waals surface area (Å²) >= 11 is 0. The summed E-state index contributed by atoms with van der Waals surface area (Å²) in [6.07, 6.45) is 3.85. The van der Waals surface area contributed by atoms with Gasteiger partial charge in [0.15, 0.2) is 0 Å². The van der Waals surface area contributed by atoms with Gasteiger partial charge in [0, 0.05) is 31.9 Å². The Hall–Kier alpha value is -1.94. The van der Waals surface area contributed by atoms with E-state index in [1.165, 1.54) is 15.4 Å². The Kier molecular flexibility index (Phi) is 6.17. The topological polar surface area (TPSA) is 113 Å². The van der Waals surface area contributed by atoms with E-state index in [0.717, 1.165) is 0 Å². The van der Waals surface area contributed by atoms with Gasteiger partial charge in [0.25, 0.3) is 5.91 Å². The van der Waals surface area contributed by atoms with Crippen molar-refractivity contribution >= 4 is 21.9 Å². The number of sulfonamides is 1. The molecule has 0 saturated carbocycles. The maximum absolute atomic E-state index is 12.7. The Balaban J connectivity index is 2.13. The van der Waals surface area contributed by atoms with Crippen LogP contribution in [-0.4, -0.2) is 75.8 Å². The number of amides is 1. The van der Waals surface area contributed by atoms with E-state index in [1.807, 2.05) is 6.92 Å². The molecule has 140 valence electrons. The molecule has 0 atom stereocenters. The standard InChI is InChI=1S/C15H24N4O5S/c1-3-17-10-12(9-16-17)15(22)19(11-14(20)21)13-5-7-18(8-6-13)25(23,24)4-2/h9-10,13H,3-8,11H2,1-2H3,(H,20,21). The van der Waals surface area contributed by atoms with Crippen LogP contribution in [0.25, 0.3) is 0 Å². The minimum atomic E-state index is -3.27. The number of aromatic nitrogens is 2. The summed E-state index contributed by atoms with van der Waals surface area (Å²) in [5.74, 6) is -1.45. The quantitative estimate of drug-likeness (QED) is 0.734. The zero-order valence-electron chi connectivity index (χ0n) is 14.5. The molecule has 1 aliphatic heterocycles. The molecule has 0 aromatic carbocycles. The van der Waals surface area contributed by atoms with Crippen LogP contribution in [0.4, 0.5) is 0 Å². The molecule has 2 heterocycles. The van der Waals surface area contributed by atoms with Gasteiger partial charge in [-0.05, 0) is 26.7 Å². The molecular formula is C15H24N4O5S. The lowest BCUT2D eigenvalue weighted by molar-refractivity contribution is -0.138. The minimum Gasteiger partial charge on any atom is -0.480 e. The highest BCUT2D eigenvalue weighted by Crippen LogP contribution is 2.21. The molecule has 1 N–H and O–H groups in total. The van der Waals surface area contributed by atoms with Gasteiger partial charge in [0.05, 0.1) is 17.5 Å². The van der Waals surface area contributed by atoms with Crippen LogP contribution in [0.3, 0.4) is 0 Å². The number of aryl methyl sites for hydroxylation is 1. The van der Waals surface area contributed by atoms with Crippen LogP contribution in [0.15, 0.2) is 12.4 Å². The molecule has 1 aromatic rings. The Labute approximate surface area is 147 Å². The number of hydrogen-bond acceptors (Lipinski definition) is 5. The third-order valence-electron chi connectivity index (χ3n) is 4.39. The Morgan fingerprint density at radius 1 is 1.32 bits per heavy atom. The van der Waals surface area contributed by atoms with Crippen LogP contribution in [0.5, 0.6) is 0 Å². The molecule has 1 aliphatic rings. The molecule has 1 amide bonds. The largest absolute Gasteiger partial charge is 0.480 e. The second-order valence-electron chi connectivity index (χ2n) is 5.94. The van der Waals surface area contributed by atoms with E-state index in [1.54, 1.807) is 17.8 Å². The van der Waals surface area contributed by atoms with Crippen LogP contribution < -0.4 is 0 Å². The van der Waals surface area contributed by atoms with E-state index >= 15 is 0 Å². The zero-order chi connectivity index (χ0) is 18.6. The van der Waals surface area contributed by atoms with Gasteiger partial charge in [-0.25, -0.2) is 12.7 Å². The second-order valence-corrected chi connectivity index (χ2v) is 8.20. The highest BCUT2D eigenvalue weighted by atomic mass is 32.2. The summed E-state index contributed by atoms with van der Waals surface area (Å²) in [5.41, 5.74) is 0.340. The normalized spacial score (nSPS) is 16.7. The van der Waals surface area contributed by atoms with E-state index < -0.39 is 22.5 Å². The molecule has 1 saturated heterocycles. The molecule has 0 aliphatic carbocycles. The molecule has 0 radical (unpaired) electrons. The monoisotopic (exact) mass is 372 g/mol. The van der Waals surface area contributed by atoms with Crippen LogP contribution in [-0.2, 0) is 21.4 Å². The lowest BCUT2D eigenvalue weighted by atomic mass is 10.0. The zero-order valence-corrected chi connectivity index (χ0v) is 15.3. The van der Waals surface area contributed by atoms with Gasteiger partial charge in [-0.3, -0.25) is 14.3 Å². The molecule has 1 aromatic heterocycles. The number of carboxylic acid groups (broad SMARTS) is 1. The number of rotatable bonds is 7. The molecule has 0 unspecified atom stereocenters. The molecule has 0 spiro atoms. The van der Waals surface area contributed by atoms with Gasteiger partial charge in [-0.15, -0.1) is 0 Å². The first-order chi connectivity index (χ1) is 11.8. The molecule has 9 nitrogen and oxygen atoms in total. The van der Waals surface area contributed by atoms with Crippen molar-refractivity contribution in [3.05, 3.63) is 18.0 Å². The molecule has 1 fully saturated rings. The van der Waals surface area contributed by atoms with Crippen molar-refractivity contribution in [2.75, 3.05) is 25.4 Å². The highest BCUT2D eigenvalue weighted by Gasteiger charge is 2.33. The average molecular weight is 372 g/mol. The Morgan fingerprint density at radius 2 is 1.96 bits per heavy atom. The smallest absolute Gasteiger partial charge is 0.323 e. The number of carbonyl (C=O) groups is 2. The summed E-state index contributed by atoms with van der Waals surface area (Å²) in [5, 5.41) is 13.2. The first kappa shape index (κ1) is 19.4. The van der Waals surface area contributed by atoms with E-state index in [2.05, 4.69) is 5.10 Å². The fourth-order valence-corrected chi connectivity index (χ4v) is 4.07. The predicted octanol–water partition coefficient (Wildman–Crippen LogP) is 0.244. The van der Waals surface area contributed by atoms with Crippen molar-refractivity contribution in [1.29, 1.82) is 0 Å². The van der Waals surface area contributed by atoms with Crippen LogP contribution >= 0.6 is 0 Å². The lowest BCUT2D eigenvalue weighted by Gasteiger charge is -2.37. The minimum absolute atomic E-state index is 0.0334. The van der Waals surface area contributed by atoms with Crippen molar-refractivity contribution in [3.63, 3.8) is 0 Å². The molecule has 2 rings (SSSR count). The SMILES string of the molecule is CCn1cc(C(=O)N(CC(=O)O)C2CCN(S(=O)(=O)CC)CC2)cn1. The van der Waals surface area contributed by atoms with Gasteiger partial charge in [0.2, 0.25) is 10.0 Å². The van der Waals surface area contributed by atoms with Gasteiger partial charge < -0.3 is 10.0 Å². The van der Waals surface area contributed by atoms with E-state index in [9.17, 15) is 18.0 Å². The van der Waals surface area contributed by atoms with Crippen LogP contribution in [0.2, 0.25) is 0 Å². The molecule has 0 bridgehead atoms. The number of hydrogen-bond donors (Lipinski definition) is 1. The molecule has 25 heavy (non-hydrogen) atoms. The van der Waals surface area contributed by atoms with Crippen molar-refractivity contribution in [2.24, 2.45) is 0 Å². The summed E-state index contributed by atoms with van der Waals surface area (Å²) in [4.78, 5) is 25.2. The second kappa shape index (κ2) is 7.96. The highest BCUT2D eigenvalue weighted by molar-refractivity contribution is 7.89. The first-order valence-corrected chi connectivity index (χ1v) is 9.92. The maximum atomic E-state index is 12.7. The van der Waals surface area contributed by atoms with Gasteiger partial charge in [-0.2, -0.15) is 5.10 Å². The van der Waals surface area contributed by atoms with Gasteiger partial charge in [0.1, 0.15) is 6.54 Å². The predicted molar refractivity (Wildman–Crippen MR) is 90.6 cm³/mol. The number of carbonyl (C=O) groups excluding carboxylic acids is 1. The van der Waals surface area contributed by atoms with E-state index in [-0.39, 0.29) is 17.7 Å². The number of nitrogens with zero attached hydrogens (tertiary/aromatic N) is 4. The summed E-state index contributed by atoms with van der Waals surface area (Å²) < 4.78 is 26.9. The number of piperidine rings is 1. The average Bonchev–Trinajstić information content (AvgIpc) is 3.08. The summed E-state index contributed by atoms with van der Waals surface area (Å²) in [6.45, 7) is 4.25.